The van der Waals surface area contributed by atoms with Crippen molar-refractivity contribution >= 4 is 12.0 Å². The molecule has 1 fully saturated rings. The van der Waals surface area contributed by atoms with Gasteiger partial charge in [0.15, 0.2) is 0 Å². The van der Waals surface area contributed by atoms with Crippen molar-refractivity contribution in [3.8, 4) is 0 Å². The van der Waals surface area contributed by atoms with Gasteiger partial charge < -0.3 is 20.5 Å². The maximum atomic E-state index is 11.8. The van der Waals surface area contributed by atoms with Crippen LogP contribution >= 0.6 is 0 Å². The maximum absolute atomic E-state index is 11.8. The molecule has 3 unspecified atom stereocenters. The van der Waals surface area contributed by atoms with Crippen LogP contribution in [0.5, 0.6) is 0 Å². The van der Waals surface area contributed by atoms with Gasteiger partial charge in [-0.2, -0.15) is 0 Å². The zero-order chi connectivity index (χ0) is 14.4. The Morgan fingerprint density at radius 2 is 2.11 bits per heavy atom. The van der Waals surface area contributed by atoms with E-state index in [2.05, 4.69) is 10.6 Å². The number of nitrogens with one attached hydrogen (secondary N) is 2. The summed E-state index contributed by atoms with van der Waals surface area (Å²) in [5, 5.41) is 14.6. The lowest BCUT2D eigenvalue weighted by molar-refractivity contribution is -0.142. The summed E-state index contributed by atoms with van der Waals surface area (Å²) < 4.78 is 5.31. The van der Waals surface area contributed by atoms with Crippen molar-refractivity contribution in [3.05, 3.63) is 0 Å². The molecule has 3 N–H and O–H groups in total. The summed E-state index contributed by atoms with van der Waals surface area (Å²) in [7, 11) is 0. The third-order valence-corrected chi connectivity index (χ3v) is 3.56. The number of amides is 2. The quantitative estimate of drug-likeness (QED) is 0.698. The van der Waals surface area contributed by atoms with Crippen LogP contribution in [0.4, 0.5) is 4.79 Å². The first-order valence-electron chi connectivity index (χ1n) is 6.76. The van der Waals surface area contributed by atoms with Crippen molar-refractivity contribution in [2.45, 2.75) is 33.2 Å². The number of ether oxygens (including phenoxy) is 1. The highest BCUT2D eigenvalue weighted by atomic mass is 16.5. The Morgan fingerprint density at radius 3 is 2.63 bits per heavy atom. The number of hydrogen-bond donors (Lipinski definition) is 3. The first-order chi connectivity index (χ1) is 8.91. The van der Waals surface area contributed by atoms with Crippen molar-refractivity contribution in [1.82, 2.24) is 10.6 Å². The predicted molar refractivity (Wildman–Crippen MR) is 70.9 cm³/mol. The van der Waals surface area contributed by atoms with E-state index in [0.717, 1.165) is 6.42 Å². The number of aliphatic carboxylic acids is 1. The van der Waals surface area contributed by atoms with E-state index in [4.69, 9.17) is 9.84 Å². The highest BCUT2D eigenvalue weighted by Crippen LogP contribution is 2.14. The van der Waals surface area contributed by atoms with Crippen molar-refractivity contribution in [1.29, 1.82) is 0 Å². The maximum Gasteiger partial charge on any atom is 0.315 e. The molecule has 1 aliphatic rings. The minimum atomic E-state index is -0.880. The molecular weight excluding hydrogens is 248 g/mol. The summed E-state index contributed by atoms with van der Waals surface area (Å²) in [6, 6.07) is -0.207. The molecule has 2 amide bonds. The molecule has 1 rings (SSSR count). The fourth-order valence-corrected chi connectivity index (χ4v) is 2.12. The summed E-state index contributed by atoms with van der Waals surface area (Å²) >= 11 is 0. The molecule has 0 saturated carbocycles. The third kappa shape index (κ3) is 5.06. The van der Waals surface area contributed by atoms with E-state index in [1.807, 2.05) is 20.8 Å². The smallest absolute Gasteiger partial charge is 0.315 e. The Morgan fingerprint density at radius 1 is 1.42 bits per heavy atom. The minimum Gasteiger partial charge on any atom is -0.481 e. The second-order valence-corrected chi connectivity index (χ2v) is 5.49. The van der Waals surface area contributed by atoms with Crippen LogP contribution in [0.2, 0.25) is 0 Å². The number of carboxylic acids is 1. The molecule has 0 aromatic rings. The van der Waals surface area contributed by atoms with Gasteiger partial charge in [-0.3, -0.25) is 4.79 Å². The monoisotopic (exact) mass is 272 g/mol. The molecular formula is C13H24N2O4. The Kier molecular flexibility index (Phi) is 6.08. The highest BCUT2D eigenvalue weighted by molar-refractivity contribution is 5.76. The first kappa shape index (κ1) is 15.8. The second kappa shape index (κ2) is 7.33. The summed E-state index contributed by atoms with van der Waals surface area (Å²) in [5.74, 6) is -1.17. The van der Waals surface area contributed by atoms with Crippen LogP contribution in [0.1, 0.15) is 27.2 Å². The SMILES string of the molecule is CC(C)C(CNC(=O)NC1CCOCC1C)C(=O)O. The molecule has 0 aliphatic carbocycles. The van der Waals surface area contributed by atoms with Crippen molar-refractivity contribution in [2.24, 2.45) is 17.8 Å². The topological polar surface area (TPSA) is 87.7 Å². The normalized spacial score (nSPS) is 24.8. The van der Waals surface area contributed by atoms with Gasteiger partial charge in [-0.25, -0.2) is 4.79 Å². The summed E-state index contributed by atoms with van der Waals surface area (Å²) in [4.78, 5) is 22.8. The third-order valence-electron chi connectivity index (χ3n) is 3.56. The van der Waals surface area contributed by atoms with E-state index < -0.39 is 11.9 Å². The molecule has 0 aromatic heterocycles. The molecule has 1 aliphatic heterocycles. The lowest BCUT2D eigenvalue weighted by atomic mass is 9.96. The number of carbonyl (C=O) groups is 2. The predicted octanol–water partition coefficient (Wildman–Crippen LogP) is 1.07. The van der Waals surface area contributed by atoms with E-state index in [1.165, 1.54) is 0 Å². The molecule has 1 saturated heterocycles. The average molecular weight is 272 g/mol. The van der Waals surface area contributed by atoms with Crippen LogP contribution in [0.25, 0.3) is 0 Å². The van der Waals surface area contributed by atoms with E-state index >= 15 is 0 Å². The Bertz CT molecular complexity index is 320. The lowest BCUT2D eigenvalue weighted by Gasteiger charge is -2.29. The van der Waals surface area contributed by atoms with Gasteiger partial charge in [0.1, 0.15) is 0 Å². The van der Waals surface area contributed by atoms with Gasteiger partial charge in [-0.15, -0.1) is 0 Å². The van der Waals surface area contributed by atoms with Gasteiger partial charge in [0.2, 0.25) is 0 Å². The van der Waals surface area contributed by atoms with E-state index in [0.29, 0.717) is 13.2 Å². The van der Waals surface area contributed by atoms with Crippen molar-refractivity contribution in [3.63, 3.8) is 0 Å². The highest BCUT2D eigenvalue weighted by Gasteiger charge is 2.25. The number of carboxylic acid groups (broad SMARTS) is 1. The second-order valence-electron chi connectivity index (χ2n) is 5.49. The largest absolute Gasteiger partial charge is 0.481 e. The van der Waals surface area contributed by atoms with Crippen LogP contribution in [0, 0.1) is 17.8 Å². The fourth-order valence-electron chi connectivity index (χ4n) is 2.12. The first-order valence-corrected chi connectivity index (χ1v) is 6.76. The van der Waals surface area contributed by atoms with Gasteiger partial charge >= 0.3 is 12.0 Å². The van der Waals surface area contributed by atoms with Gasteiger partial charge in [-0.05, 0) is 18.3 Å². The Labute approximate surface area is 113 Å². The molecule has 1 heterocycles. The van der Waals surface area contributed by atoms with E-state index in [-0.39, 0.29) is 30.5 Å². The molecule has 110 valence electrons. The van der Waals surface area contributed by atoms with Gasteiger partial charge in [0, 0.05) is 19.2 Å². The molecule has 0 radical (unpaired) electrons. The Hall–Kier alpha value is -1.30. The van der Waals surface area contributed by atoms with Gasteiger partial charge in [0.25, 0.3) is 0 Å². The minimum absolute atomic E-state index is 0.0141. The zero-order valence-electron chi connectivity index (χ0n) is 11.8. The van der Waals surface area contributed by atoms with Crippen LogP contribution in [-0.2, 0) is 9.53 Å². The molecule has 6 heteroatoms. The van der Waals surface area contributed by atoms with Crippen LogP contribution < -0.4 is 10.6 Å². The van der Waals surface area contributed by atoms with E-state index in [9.17, 15) is 9.59 Å². The zero-order valence-corrected chi connectivity index (χ0v) is 11.8. The van der Waals surface area contributed by atoms with Gasteiger partial charge in [0.05, 0.1) is 12.5 Å². The summed E-state index contributed by atoms with van der Waals surface area (Å²) in [5.41, 5.74) is 0. The number of hydrogen-bond acceptors (Lipinski definition) is 3. The van der Waals surface area contributed by atoms with Gasteiger partial charge in [-0.1, -0.05) is 20.8 Å². The number of rotatable bonds is 5. The molecule has 19 heavy (non-hydrogen) atoms. The number of carbonyl (C=O) groups excluding carboxylic acids is 1. The molecule has 0 bridgehead atoms. The van der Waals surface area contributed by atoms with Crippen LogP contribution in [0.15, 0.2) is 0 Å². The number of urea groups is 1. The van der Waals surface area contributed by atoms with Crippen LogP contribution in [-0.4, -0.2) is 42.9 Å². The molecule has 3 atom stereocenters. The van der Waals surface area contributed by atoms with E-state index in [1.54, 1.807) is 0 Å². The lowest BCUT2D eigenvalue weighted by Crippen LogP contribution is -2.49. The average Bonchev–Trinajstić information content (AvgIpc) is 2.31. The summed E-state index contributed by atoms with van der Waals surface area (Å²) in [6.45, 7) is 7.14. The fraction of sp³-hybridized carbons (Fsp3) is 0.846. The van der Waals surface area contributed by atoms with Crippen molar-refractivity contribution < 1.29 is 19.4 Å². The standard InChI is InChI=1S/C13H24N2O4/c1-8(2)10(12(16)17)6-14-13(18)15-11-4-5-19-7-9(11)3/h8-11H,4-7H2,1-3H3,(H,16,17)(H2,14,15,18). The molecule has 0 spiro atoms. The summed E-state index contributed by atoms with van der Waals surface area (Å²) in [6.07, 6.45) is 0.793. The van der Waals surface area contributed by atoms with Crippen LogP contribution in [0.3, 0.4) is 0 Å². The molecule has 0 aromatic carbocycles. The van der Waals surface area contributed by atoms with Crippen molar-refractivity contribution in [2.75, 3.05) is 19.8 Å². The molecule has 6 nitrogen and oxygen atoms in total. The Balaban J connectivity index is 2.36.